The number of carbonyl (C=O) groups is 1. The minimum absolute atomic E-state index is 0.109. The van der Waals surface area contributed by atoms with E-state index >= 15 is 0 Å². The van der Waals surface area contributed by atoms with Gasteiger partial charge in [0.2, 0.25) is 0 Å². The van der Waals surface area contributed by atoms with Crippen molar-refractivity contribution in [1.29, 1.82) is 0 Å². The van der Waals surface area contributed by atoms with Crippen LogP contribution in [0.3, 0.4) is 0 Å². The van der Waals surface area contributed by atoms with Gasteiger partial charge in [-0.05, 0) is 48.0 Å². The average molecular weight is 340 g/mol. The van der Waals surface area contributed by atoms with E-state index in [1.807, 2.05) is 55.4 Å². The molecule has 0 saturated heterocycles. The molecule has 0 saturated carbocycles. The van der Waals surface area contributed by atoms with Crippen molar-refractivity contribution >= 4 is 34.1 Å². The zero-order valence-corrected chi connectivity index (χ0v) is 14.3. The zero-order valence-electron chi connectivity index (χ0n) is 13.6. The van der Waals surface area contributed by atoms with Gasteiger partial charge in [0.05, 0.1) is 5.52 Å². The maximum absolute atomic E-state index is 12.4. The molecule has 3 rings (SSSR count). The first-order valence-electron chi connectivity index (χ1n) is 7.64. The summed E-state index contributed by atoms with van der Waals surface area (Å²) in [6.45, 7) is 0.484. The minimum atomic E-state index is -0.109. The highest BCUT2D eigenvalue weighted by Crippen LogP contribution is 2.17. The van der Waals surface area contributed by atoms with Gasteiger partial charge in [-0.15, -0.1) is 0 Å². The number of nitrogens with zero attached hydrogens (tertiary/aromatic N) is 2. The summed E-state index contributed by atoms with van der Waals surface area (Å²) in [6.07, 6.45) is 0. The maximum Gasteiger partial charge on any atom is 0.251 e. The normalized spacial score (nSPS) is 10.6. The monoisotopic (exact) mass is 339 g/mol. The fraction of sp³-hybridized carbons (Fsp3) is 0.158. The van der Waals surface area contributed by atoms with Crippen molar-refractivity contribution in [2.75, 3.05) is 19.0 Å². The molecule has 0 unspecified atom stereocenters. The lowest BCUT2D eigenvalue weighted by Crippen LogP contribution is -2.22. The molecule has 0 fully saturated rings. The molecule has 0 radical (unpaired) electrons. The first kappa shape index (κ1) is 16.3. The molecule has 1 heterocycles. The van der Waals surface area contributed by atoms with Crippen molar-refractivity contribution < 1.29 is 4.79 Å². The molecule has 24 heavy (non-hydrogen) atoms. The number of benzene rings is 2. The van der Waals surface area contributed by atoms with E-state index in [9.17, 15) is 4.79 Å². The Morgan fingerprint density at radius 3 is 2.75 bits per heavy atom. The summed E-state index contributed by atoms with van der Waals surface area (Å²) in [4.78, 5) is 18.6. The van der Waals surface area contributed by atoms with Crippen LogP contribution in [0, 0.1) is 0 Å². The van der Waals surface area contributed by atoms with Crippen LogP contribution in [0.15, 0.2) is 54.6 Å². The molecule has 4 nitrogen and oxygen atoms in total. The lowest BCUT2D eigenvalue weighted by molar-refractivity contribution is 0.0951. The van der Waals surface area contributed by atoms with Crippen LogP contribution in [-0.4, -0.2) is 25.0 Å². The van der Waals surface area contributed by atoms with E-state index in [4.69, 9.17) is 11.6 Å². The van der Waals surface area contributed by atoms with Gasteiger partial charge in [0.15, 0.2) is 0 Å². The number of rotatable bonds is 4. The first-order chi connectivity index (χ1) is 11.5. The number of aromatic nitrogens is 1. The Kier molecular flexibility index (Phi) is 4.67. The Labute approximate surface area is 146 Å². The van der Waals surface area contributed by atoms with Crippen molar-refractivity contribution in [3.63, 3.8) is 0 Å². The lowest BCUT2D eigenvalue weighted by atomic mass is 10.1. The van der Waals surface area contributed by atoms with Crippen LogP contribution in [0.4, 0.5) is 5.69 Å². The molecular formula is C19H18ClN3O. The van der Waals surface area contributed by atoms with E-state index < -0.39 is 0 Å². The van der Waals surface area contributed by atoms with Crippen LogP contribution >= 0.6 is 11.6 Å². The van der Waals surface area contributed by atoms with Crippen LogP contribution in [0.5, 0.6) is 0 Å². The highest BCUT2D eigenvalue weighted by Gasteiger charge is 2.07. The SMILES string of the molecule is CN(C)c1cccc(CNC(=O)c2ccc3nc(Cl)ccc3c2)c1. The smallest absolute Gasteiger partial charge is 0.251 e. The van der Waals surface area contributed by atoms with Crippen LogP contribution in [0.1, 0.15) is 15.9 Å². The molecule has 0 bridgehead atoms. The van der Waals surface area contributed by atoms with Gasteiger partial charge in [-0.3, -0.25) is 4.79 Å². The van der Waals surface area contributed by atoms with Crippen molar-refractivity contribution in [1.82, 2.24) is 10.3 Å². The van der Waals surface area contributed by atoms with Crippen molar-refractivity contribution in [2.24, 2.45) is 0 Å². The minimum Gasteiger partial charge on any atom is -0.378 e. The third kappa shape index (κ3) is 3.66. The Hall–Kier alpha value is -2.59. The summed E-state index contributed by atoms with van der Waals surface area (Å²) in [5.74, 6) is -0.109. The fourth-order valence-corrected chi connectivity index (χ4v) is 2.62. The van der Waals surface area contributed by atoms with Crippen molar-refractivity contribution in [3.05, 3.63) is 70.9 Å². The summed E-state index contributed by atoms with van der Waals surface area (Å²) >= 11 is 5.88. The molecule has 1 N–H and O–H groups in total. The molecule has 3 aromatic rings. The quantitative estimate of drug-likeness (QED) is 0.734. The largest absolute Gasteiger partial charge is 0.378 e. The average Bonchev–Trinajstić information content (AvgIpc) is 2.59. The van der Waals surface area contributed by atoms with Gasteiger partial charge in [0.25, 0.3) is 5.91 Å². The Bertz CT molecular complexity index is 893. The fourth-order valence-electron chi connectivity index (χ4n) is 2.47. The van der Waals surface area contributed by atoms with E-state index in [-0.39, 0.29) is 5.91 Å². The summed E-state index contributed by atoms with van der Waals surface area (Å²) in [5, 5.41) is 4.29. The number of hydrogen-bond donors (Lipinski definition) is 1. The Morgan fingerprint density at radius 1 is 1.12 bits per heavy atom. The molecule has 2 aromatic carbocycles. The van der Waals surface area contributed by atoms with E-state index in [0.717, 1.165) is 22.2 Å². The predicted molar refractivity (Wildman–Crippen MR) is 98.7 cm³/mol. The molecule has 0 aliphatic carbocycles. The van der Waals surface area contributed by atoms with Gasteiger partial charge < -0.3 is 10.2 Å². The third-order valence-corrected chi connectivity index (χ3v) is 4.01. The molecule has 0 aliphatic heterocycles. The number of fused-ring (bicyclic) bond motifs is 1. The molecule has 0 spiro atoms. The molecular weight excluding hydrogens is 322 g/mol. The van der Waals surface area contributed by atoms with E-state index in [1.165, 1.54) is 0 Å². The summed E-state index contributed by atoms with van der Waals surface area (Å²) < 4.78 is 0. The number of nitrogens with one attached hydrogen (secondary N) is 1. The molecule has 5 heteroatoms. The topological polar surface area (TPSA) is 45.2 Å². The summed E-state index contributed by atoms with van der Waals surface area (Å²) in [7, 11) is 3.99. The second kappa shape index (κ2) is 6.89. The standard InChI is InChI=1S/C19H18ClN3O/c1-23(2)16-5-3-4-13(10-16)12-21-19(24)15-6-8-17-14(11-15)7-9-18(20)22-17/h3-11H,12H2,1-2H3,(H,21,24). The van der Waals surface area contributed by atoms with Gasteiger partial charge in [-0.25, -0.2) is 4.98 Å². The molecule has 1 amide bonds. The molecule has 0 aliphatic rings. The highest BCUT2D eigenvalue weighted by molar-refractivity contribution is 6.29. The van der Waals surface area contributed by atoms with Crippen LogP contribution in [-0.2, 0) is 6.54 Å². The van der Waals surface area contributed by atoms with Gasteiger partial charge in [-0.1, -0.05) is 23.7 Å². The van der Waals surface area contributed by atoms with Crippen LogP contribution in [0.2, 0.25) is 5.15 Å². The van der Waals surface area contributed by atoms with Gasteiger partial charge >= 0.3 is 0 Å². The number of carbonyl (C=O) groups excluding carboxylic acids is 1. The molecule has 0 atom stereocenters. The zero-order chi connectivity index (χ0) is 17.1. The van der Waals surface area contributed by atoms with Gasteiger partial charge in [0.1, 0.15) is 5.15 Å². The third-order valence-electron chi connectivity index (χ3n) is 3.80. The summed E-state index contributed by atoms with van der Waals surface area (Å²) in [6, 6.07) is 17.1. The Morgan fingerprint density at radius 2 is 1.96 bits per heavy atom. The lowest BCUT2D eigenvalue weighted by Gasteiger charge is -2.14. The van der Waals surface area contributed by atoms with Gasteiger partial charge in [0, 0.05) is 37.3 Å². The van der Waals surface area contributed by atoms with Crippen LogP contribution in [0.25, 0.3) is 10.9 Å². The first-order valence-corrected chi connectivity index (χ1v) is 8.01. The molecule has 122 valence electrons. The Balaban J connectivity index is 1.73. The number of hydrogen-bond acceptors (Lipinski definition) is 3. The second-order valence-corrected chi connectivity index (χ2v) is 6.18. The number of anilines is 1. The maximum atomic E-state index is 12.4. The number of amides is 1. The van der Waals surface area contributed by atoms with E-state index in [2.05, 4.69) is 16.4 Å². The van der Waals surface area contributed by atoms with Crippen molar-refractivity contribution in [3.8, 4) is 0 Å². The van der Waals surface area contributed by atoms with Gasteiger partial charge in [-0.2, -0.15) is 0 Å². The second-order valence-electron chi connectivity index (χ2n) is 5.79. The number of halogens is 1. The van der Waals surface area contributed by atoms with E-state index in [0.29, 0.717) is 17.3 Å². The summed E-state index contributed by atoms with van der Waals surface area (Å²) in [5.41, 5.74) is 3.55. The predicted octanol–water partition coefficient (Wildman–Crippen LogP) is 3.88. The highest BCUT2D eigenvalue weighted by atomic mass is 35.5. The van der Waals surface area contributed by atoms with Crippen LogP contribution < -0.4 is 10.2 Å². The van der Waals surface area contributed by atoms with E-state index in [1.54, 1.807) is 12.1 Å². The number of pyridine rings is 1. The molecule has 1 aromatic heterocycles. The van der Waals surface area contributed by atoms with Crippen molar-refractivity contribution in [2.45, 2.75) is 6.54 Å².